The highest BCUT2D eigenvalue weighted by Gasteiger charge is 2.19. The largest absolute Gasteiger partial charge is 0.491 e. The van der Waals surface area contributed by atoms with Gasteiger partial charge in [-0.2, -0.15) is 0 Å². The van der Waals surface area contributed by atoms with E-state index >= 15 is 0 Å². The van der Waals surface area contributed by atoms with E-state index in [4.69, 9.17) is 15.2 Å². The first-order chi connectivity index (χ1) is 11.6. The van der Waals surface area contributed by atoms with Crippen molar-refractivity contribution in [2.24, 2.45) is 5.73 Å². The van der Waals surface area contributed by atoms with Crippen LogP contribution in [0, 0.1) is 0 Å². The predicted molar refractivity (Wildman–Crippen MR) is 89.6 cm³/mol. The van der Waals surface area contributed by atoms with Crippen molar-refractivity contribution < 1.29 is 19.1 Å². The van der Waals surface area contributed by atoms with Crippen LogP contribution in [0.3, 0.4) is 0 Å². The van der Waals surface area contributed by atoms with Crippen LogP contribution in [0.15, 0.2) is 30.3 Å². The van der Waals surface area contributed by atoms with E-state index in [0.717, 1.165) is 18.7 Å². The molecule has 1 saturated heterocycles. The maximum atomic E-state index is 12.2. The quantitative estimate of drug-likeness (QED) is 0.681. The molecule has 1 aliphatic heterocycles. The SMILES string of the molecule is NC(=O)CN1CCCN(C(=O)COCCOc2ccccc2)CC1. The third-order valence-corrected chi connectivity index (χ3v) is 3.79. The number of hydrogen-bond acceptors (Lipinski definition) is 5. The Labute approximate surface area is 142 Å². The van der Waals surface area contributed by atoms with Gasteiger partial charge in [-0.3, -0.25) is 14.5 Å². The molecule has 132 valence electrons. The molecule has 0 atom stereocenters. The molecule has 1 fully saturated rings. The monoisotopic (exact) mass is 335 g/mol. The van der Waals surface area contributed by atoms with Gasteiger partial charge in [0.15, 0.2) is 0 Å². The summed E-state index contributed by atoms with van der Waals surface area (Å²) in [4.78, 5) is 26.9. The molecule has 7 heteroatoms. The molecule has 0 aliphatic carbocycles. The topological polar surface area (TPSA) is 85.1 Å². The maximum absolute atomic E-state index is 12.2. The molecule has 0 aromatic heterocycles. The van der Waals surface area contributed by atoms with Gasteiger partial charge in [-0.1, -0.05) is 18.2 Å². The summed E-state index contributed by atoms with van der Waals surface area (Å²) in [7, 11) is 0. The summed E-state index contributed by atoms with van der Waals surface area (Å²) in [5, 5.41) is 0. The Morgan fingerprint density at radius 3 is 2.58 bits per heavy atom. The van der Waals surface area contributed by atoms with Gasteiger partial charge in [0.25, 0.3) is 0 Å². The van der Waals surface area contributed by atoms with Crippen LogP contribution >= 0.6 is 0 Å². The van der Waals surface area contributed by atoms with Crippen molar-refractivity contribution in [3.8, 4) is 5.75 Å². The number of ether oxygens (including phenoxy) is 2. The Morgan fingerprint density at radius 2 is 1.83 bits per heavy atom. The second-order valence-corrected chi connectivity index (χ2v) is 5.69. The van der Waals surface area contributed by atoms with E-state index in [0.29, 0.717) is 32.8 Å². The van der Waals surface area contributed by atoms with E-state index in [1.54, 1.807) is 4.90 Å². The highest BCUT2D eigenvalue weighted by Crippen LogP contribution is 2.08. The lowest BCUT2D eigenvalue weighted by molar-refractivity contribution is -0.136. The molecule has 2 N–H and O–H groups in total. The normalized spacial score (nSPS) is 15.8. The zero-order valence-corrected chi connectivity index (χ0v) is 13.9. The number of para-hydroxylation sites is 1. The van der Waals surface area contributed by atoms with Crippen molar-refractivity contribution in [1.29, 1.82) is 0 Å². The zero-order valence-electron chi connectivity index (χ0n) is 13.9. The van der Waals surface area contributed by atoms with Crippen molar-refractivity contribution in [3.05, 3.63) is 30.3 Å². The molecule has 1 heterocycles. The van der Waals surface area contributed by atoms with Crippen molar-refractivity contribution in [3.63, 3.8) is 0 Å². The van der Waals surface area contributed by atoms with Gasteiger partial charge in [0.2, 0.25) is 11.8 Å². The highest BCUT2D eigenvalue weighted by atomic mass is 16.5. The van der Waals surface area contributed by atoms with Gasteiger partial charge in [-0.05, 0) is 18.6 Å². The summed E-state index contributed by atoms with van der Waals surface area (Å²) in [6.07, 6.45) is 0.830. The fraction of sp³-hybridized carbons (Fsp3) is 0.529. The summed E-state index contributed by atoms with van der Waals surface area (Å²) < 4.78 is 10.9. The number of hydrogen-bond donors (Lipinski definition) is 1. The Balaban J connectivity index is 1.61. The number of primary amides is 1. The molecule has 0 bridgehead atoms. The number of rotatable bonds is 8. The lowest BCUT2D eigenvalue weighted by atomic mass is 10.3. The Morgan fingerprint density at radius 1 is 1.04 bits per heavy atom. The fourth-order valence-electron chi connectivity index (χ4n) is 2.58. The summed E-state index contributed by atoms with van der Waals surface area (Å²) in [5.41, 5.74) is 5.21. The summed E-state index contributed by atoms with van der Waals surface area (Å²) in [6, 6.07) is 9.48. The predicted octanol–water partition coefficient (Wildman–Crippen LogP) is 0.102. The maximum Gasteiger partial charge on any atom is 0.248 e. The van der Waals surface area contributed by atoms with Crippen molar-refractivity contribution >= 4 is 11.8 Å². The molecule has 1 aromatic rings. The Hall–Kier alpha value is -2.12. The lowest BCUT2D eigenvalue weighted by Crippen LogP contribution is -2.39. The lowest BCUT2D eigenvalue weighted by Gasteiger charge is -2.21. The molecule has 2 amide bonds. The van der Waals surface area contributed by atoms with Crippen molar-refractivity contribution in [1.82, 2.24) is 9.80 Å². The third-order valence-electron chi connectivity index (χ3n) is 3.79. The van der Waals surface area contributed by atoms with Gasteiger partial charge < -0.3 is 20.1 Å². The first kappa shape index (κ1) is 18.2. The standard InChI is InChI=1S/C17H25N3O4/c18-16(21)13-19-7-4-8-20(10-9-19)17(22)14-23-11-12-24-15-5-2-1-3-6-15/h1-3,5-6H,4,7-14H2,(H2,18,21). The molecule has 7 nitrogen and oxygen atoms in total. The van der Waals surface area contributed by atoms with Gasteiger partial charge in [0.05, 0.1) is 13.2 Å². The van der Waals surface area contributed by atoms with E-state index < -0.39 is 0 Å². The van der Waals surface area contributed by atoms with E-state index in [9.17, 15) is 9.59 Å². The van der Waals surface area contributed by atoms with Crippen LogP contribution in [0.4, 0.5) is 0 Å². The van der Waals surface area contributed by atoms with Gasteiger partial charge in [-0.15, -0.1) is 0 Å². The van der Waals surface area contributed by atoms with Gasteiger partial charge in [0, 0.05) is 26.2 Å². The summed E-state index contributed by atoms with van der Waals surface area (Å²) in [5.74, 6) is 0.418. The molecule has 0 saturated carbocycles. The Kier molecular flexibility index (Phi) is 7.51. The molecule has 0 spiro atoms. The minimum atomic E-state index is -0.337. The summed E-state index contributed by atoms with van der Waals surface area (Å²) >= 11 is 0. The smallest absolute Gasteiger partial charge is 0.248 e. The van der Waals surface area contributed by atoms with Crippen molar-refractivity contribution in [2.75, 3.05) is 52.5 Å². The van der Waals surface area contributed by atoms with E-state index in [-0.39, 0.29) is 25.0 Å². The first-order valence-corrected chi connectivity index (χ1v) is 8.19. The number of carbonyl (C=O) groups is 2. The second kappa shape index (κ2) is 9.89. The van der Waals surface area contributed by atoms with E-state index in [1.807, 2.05) is 35.2 Å². The van der Waals surface area contributed by atoms with Gasteiger partial charge >= 0.3 is 0 Å². The van der Waals surface area contributed by atoms with E-state index in [1.165, 1.54) is 0 Å². The molecule has 24 heavy (non-hydrogen) atoms. The van der Waals surface area contributed by atoms with E-state index in [2.05, 4.69) is 0 Å². The average molecular weight is 335 g/mol. The average Bonchev–Trinajstić information content (AvgIpc) is 2.80. The fourth-order valence-corrected chi connectivity index (χ4v) is 2.58. The molecule has 0 unspecified atom stereocenters. The summed E-state index contributed by atoms with van der Waals surface area (Å²) in [6.45, 7) is 3.77. The third kappa shape index (κ3) is 6.55. The molecule has 2 rings (SSSR count). The minimum Gasteiger partial charge on any atom is -0.491 e. The molecule has 0 radical (unpaired) electrons. The van der Waals surface area contributed by atoms with Gasteiger partial charge in [-0.25, -0.2) is 0 Å². The molecular weight excluding hydrogens is 310 g/mol. The van der Waals surface area contributed by atoms with Crippen molar-refractivity contribution in [2.45, 2.75) is 6.42 Å². The number of nitrogens with zero attached hydrogens (tertiary/aromatic N) is 2. The Bertz CT molecular complexity index is 524. The van der Waals surface area contributed by atoms with Crippen LogP contribution in [0.5, 0.6) is 5.75 Å². The molecule has 1 aromatic carbocycles. The van der Waals surface area contributed by atoms with Crippen LogP contribution in [-0.2, 0) is 14.3 Å². The highest BCUT2D eigenvalue weighted by molar-refractivity contribution is 5.77. The van der Waals surface area contributed by atoms with Crippen LogP contribution < -0.4 is 10.5 Å². The minimum absolute atomic E-state index is 0.0318. The molecule has 1 aliphatic rings. The molecular formula is C17H25N3O4. The second-order valence-electron chi connectivity index (χ2n) is 5.69. The zero-order chi connectivity index (χ0) is 17.2. The number of nitrogens with two attached hydrogens (primary N) is 1. The first-order valence-electron chi connectivity index (χ1n) is 8.19. The van der Waals surface area contributed by atoms with Crippen LogP contribution in [0.2, 0.25) is 0 Å². The van der Waals surface area contributed by atoms with Crippen LogP contribution in [-0.4, -0.2) is 74.2 Å². The van der Waals surface area contributed by atoms with Crippen LogP contribution in [0.25, 0.3) is 0 Å². The van der Waals surface area contributed by atoms with Gasteiger partial charge in [0.1, 0.15) is 19.0 Å². The number of benzene rings is 1. The van der Waals surface area contributed by atoms with Crippen LogP contribution in [0.1, 0.15) is 6.42 Å². The number of carbonyl (C=O) groups excluding carboxylic acids is 2. The number of amides is 2.